The minimum atomic E-state index is -5.78. The van der Waals surface area contributed by atoms with Crippen molar-refractivity contribution < 1.29 is 31.1 Å². The fraction of sp³-hybridized carbons (Fsp3) is 0.333. The van der Waals surface area contributed by atoms with Crippen molar-refractivity contribution in [3.05, 3.63) is 30.3 Å². The topological polar surface area (TPSA) is 35.2 Å². The number of halogens is 6. The van der Waals surface area contributed by atoms with Crippen LogP contribution in [0.2, 0.25) is 0 Å². The predicted octanol–water partition coefficient (Wildman–Crippen LogP) is 2.85. The highest BCUT2D eigenvalue weighted by Crippen LogP contribution is 2.42. The molecule has 17 heavy (non-hydrogen) atoms. The minimum absolute atomic E-state index is 0.621. The highest BCUT2D eigenvalue weighted by molar-refractivity contribution is 5.22. The summed E-state index contributed by atoms with van der Waals surface area (Å²) in [5.74, 6) is -0.621. The Labute approximate surface area is 92.0 Å². The van der Waals surface area contributed by atoms with E-state index in [9.17, 15) is 26.3 Å². The smallest absolute Gasteiger partial charge is 0.452 e. The number of hydrogen-bond acceptors (Lipinski definition) is 2. The van der Waals surface area contributed by atoms with E-state index in [0.717, 1.165) is 12.1 Å². The molecule has 0 saturated carbocycles. The van der Waals surface area contributed by atoms with Gasteiger partial charge in [-0.05, 0) is 12.1 Å². The fourth-order valence-corrected chi connectivity index (χ4v) is 0.951. The van der Waals surface area contributed by atoms with Crippen molar-refractivity contribution in [2.75, 3.05) is 0 Å². The first kappa shape index (κ1) is 13.6. The fourth-order valence-electron chi connectivity index (χ4n) is 0.951. The molecule has 1 rings (SSSR count). The Morgan fingerprint density at radius 2 is 1.24 bits per heavy atom. The molecule has 0 unspecified atom stereocenters. The van der Waals surface area contributed by atoms with Crippen LogP contribution in [0.1, 0.15) is 0 Å². The van der Waals surface area contributed by atoms with Crippen LogP contribution >= 0.6 is 0 Å². The molecule has 8 heteroatoms. The maximum absolute atomic E-state index is 12.3. The lowest BCUT2D eigenvalue weighted by Crippen LogP contribution is -2.67. The molecule has 96 valence electrons. The normalized spacial score (nSPS) is 13.6. The summed E-state index contributed by atoms with van der Waals surface area (Å²) in [6, 6.07) is 5.75. The van der Waals surface area contributed by atoms with E-state index in [4.69, 9.17) is 0 Å². The van der Waals surface area contributed by atoms with Gasteiger partial charge in [-0.2, -0.15) is 26.3 Å². The van der Waals surface area contributed by atoms with E-state index in [2.05, 4.69) is 10.5 Å². The molecule has 0 aromatic heterocycles. The Morgan fingerprint density at radius 3 is 1.59 bits per heavy atom. The predicted molar refractivity (Wildman–Crippen MR) is 46.1 cm³/mol. The zero-order valence-electron chi connectivity index (χ0n) is 8.14. The number of hydrogen-bond donors (Lipinski definition) is 1. The summed E-state index contributed by atoms with van der Waals surface area (Å²) in [7, 11) is 0. The number of para-hydroxylation sites is 1. The van der Waals surface area contributed by atoms with Gasteiger partial charge in [0.15, 0.2) is 0 Å². The van der Waals surface area contributed by atoms with Gasteiger partial charge in [-0.1, -0.05) is 18.2 Å². The van der Waals surface area contributed by atoms with E-state index in [1.807, 2.05) is 0 Å². The number of rotatable bonds is 2. The van der Waals surface area contributed by atoms with Crippen LogP contribution in [0.4, 0.5) is 26.3 Å². The zero-order chi connectivity index (χ0) is 13.3. The van der Waals surface area contributed by atoms with Gasteiger partial charge >= 0.3 is 18.1 Å². The molecule has 1 aromatic rings. The number of alkyl halides is 6. The van der Waals surface area contributed by atoms with Gasteiger partial charge in [0.1, 0.15) is 5.75 Å². The lowest BCUT2D eigenvalue weighted by atomic mass is 10.2. The maximum Gasteiger partial charge on any atom is 0.452 e. The second kappa shape index (κ2) is 4.10. The highest BCUT2D eigenvalue weighted by Gasteiger charge is 2.71. The molecule has 0 fully saturated rings. The van der Waals surface area contributed by atoms with Crippen LogP contribution in [0.5, 0.6) is 5.75 Å². The second-order valence-electron chi connectivity index (χ2n) is 3.15. The first-order chi connectivity index (χ1) is 7.58. The summed E-state index contributed by atoms with van der Waals surface area (Å²) in [4.78, 5) is 0. The first-order valence-corrected chi connectivity index (χ1v) is 4.24. The van der Waals surface area contributed by atoms with Gasteiger partial charge in [-0.15, -0.1) is 0 Å². The monoisotopic (exact) mass is 259 g/mol. The molecular weight excluding hydrogens is 252 g/mol. The number of benzene rings is 1. The van der Waals surface area contributed by atoms with Crippen molar-refractivity contribution in [3.63, 3.8) is 0 Å². The molecule has 0 heterocycles. The minimum Gasteiger partial charge on any atom is -0.455 e. The van der Waals surface area contributed by atoms with E-state index in [1.165, 1.54) is 18.2 Å². The van der Waals surface area contributed by atoms with E-state index < -0.39 is 23.8 Å². The third-order valence-electron chi connectivity index (χ3n) is 1.86. The molecule has 0 aliphatic carbocycles. The summed E-state index contributed by atoms with van der Waals surface area (Å²) in [6.07, 6.45) is -11.6. The van der Waals surface area contributed by atoms with Crippen LogP contribution in [-0.4, -0.2) is 18.1 Å². The quantitative estimate of drug-likeness (QED) is 0.654. The molecule has 1 aromatic carbocycles. The molecule has 0 aliphatic rings. The maximum atomic E-state index is 12.3. The highest BCUT2D eigenvalue weighted by atomic mass is 19.4. The molecule has 0 saturated heterocycles. The Hall–Kier alpha value is -1.44. The first-order valence-electron chi connectivity index (χ1n) is 4.24. The molecule has 0 atom stereocenters. The zero-order valence-corrected chi connectivity index (χ0v) is 8.14. The average molecular weight is 259 g/mol. The SMILES string of the molecule is NC(Oc1ccccc1)(C(F)(F)F)C(F)(F)F. The average Bonchev–Trinajstić information content (AvgIpc) is 2.15. The van der Waals surface area contributed by atoms with Crippen LogP contribution in [0, 0.1) is 0 Å². The van der Waals surface area contributed by atoms with Gasteiger partial charge < -0.3 is 4.74 Å². The van der Waals surface area contributed by atoms with Crippen molar-refractivity contribution in [1.29, 1.82) is 0 Å². The third kappa shape index (κ3) is 2.63. The number of ether oxygens (including phenoxy) is 1. The molecule has 2 N–H and O–H groups in total. The molecule has 0 amide bonds. The molecule has 0 spiro atoms. The van der Waals surface area contributed by atoms with Crippen molar-refractivity contribution in [2.24, 2.45) is 5.73 Å². The van der Waals surface area contributed by atoms with Gasteiger partial charge in [0, 0.05) is 0 Å². The van der Waals surface area contributed by atoms with Gasteiger partial charge in [0.25, 0.3) is 0 Å². The molecule has 0 aliphatic heterocycles. The molecular formula is C9H7F6NO. The van der Waals surface area contributed by atoms with E-state index >= 15 is 0 Å². The molecule has 2 nitrogen and oxygen atoms in total. The Balaban J connectivity index is 3.11. The van der Waals surface area contributed by atoms with Crippen LogP contribution < -0.4 is 10.5 Å². The molecule has 0 bridgehead atoms. The van der Waals surface area contributed by atoms with Crippen molar-refractivity contribution in [3.8, 4) is 5.75 Å². The Kier molecular flexibility index (Phi) is 3.28. The summed E-state index contributed by atoms with van der Waals surface area (Å²) >= 11 is 0. The summed E-state index contributed by atoms with van der Waals surface area (Å²) in [5.41, 5.74) is -0.409. The van der Waals surface area contributed by atoms with Crippen LogP contribution in [0.25, 0.3) is 0 Å². The summed E-state index contributed by atoms with van der Waals surface area (Å²) in [5, 5.41) is 0. The van der Waals surface area contributed by atoms with Gasteiger partial charge in [-0.3, -0.25) is 5.73 Å². The van der Waals surface area contributed by atoms with Crippen molar-refractivity contribution in [1.82, 2.24) is 0 Å². The van der Waals surface area contributed by atoms with Gasteiger partial charge in [0.05, 0.1) is 0 Å². The van der Waals surface area contributed by atoms with E-state index in [-0.39, 0.29) is 0 Å². The summed E-state index contributed by atoms with van der Waals surface area (Å²) < 4.78 is 77.8. The van der Waals surface area contributed by atoms with Crippen LogP contribution in [0.15, 0.2) is 30.3 Å². The van der Waals surface area contributed by atoms with Crippen LogP contribution in [0.3, 0.4) is 0 Å². The Morgan fingerprint density at radius 1 is 0.824 bits per heavy atom. The van der Waals surface area contributed by atoms with E-state index in [1.54, 1.807) is 0 Å². The molecule has 0 radical (unpaired) electrons. The van der Waals surface area contributed by atoms with Gasteiger partial charge in [0.2, 0.25) is 0 Å². The number of nitrogens with two attached hydrogens (primary N) is 1. The largest absolute Gasteiger partial charge is 0.455 e. The van der Waals surface area contributed by atoms with Crippen molar-refractivity contribution >= 4 is 0 Å². The van der Waals surface area contributed by atoms with Gasteiger partial charge in [-0.25, -0.2) is 0 Å². The standard InChI is InChI=1S/C9H7F6NO/c10-8(11,12)7(16,9(13,14)15)17-6-4-2-1-3-5-6/h1-5H,16H2. The summed E-state index contributed by atoms with van der Waals surface area (Å²) in [6.45, 7) is 0. The lowest BCUT2D eigenvalue weighted by molar-refractivity contribution is -0.355. The Bertz CT molecular complexity index is 357. The van der Waals surface area contributed by atoms with Crippen molar-refractivity contribution in [2.45, 2.75) is 18.1 Å². The lowest BCUT2D eigenvalue weighted by Gasteiger charge is -2.33. The van der Waals surface area contributed by atoms with E-state index in [0.29, 0.717) is 0 Å². The van der Waals surface area contributed by atoms with Crippen LogP contribution in [-0.2, 0) is 0 Å². The third-order valence-corrected chi connectivity index (χ3v) is 1.86. The second-order valence-corrected chi connectivity index (χ2v) is 3.15.